The first-order valence-corrected chi connectivity index (χ1v) is 6.26. The molecule has 0 radical (unpaired) electrons. The summed E-state index contributed by atoms with van der Waals surface area (Å²) in [6.45, 7) is 0. The quantitative estimate of drug-likeness (QED) is 0.840. The molecule has 18 heavy (non-hydrogen) atoms. The van der Waals surface area contributed by atoms with Crippen LogP contribution in [0, 0.1) is 0 Å². The summed E-state index contributed by atoms with van der Waals surface area (Å²) < 4.78 is 10.0. The van der Waals surface area contributed by atoms with E-state index in [1.807, 2.05) is 24.3 Å². The van der Waals surface area contributed by atoms with Crippen LogP contribution in [-0.4, -0.2) is 18.2 Å². The number of carboxylic acid groups (broad SMARTS) is 1. The van der Waals surface area contributed by atoms with Crippen LogP contribution in [0.25, 0.3) is 0 Å². The zero-order chi connectivity index (χ0) is 13.0. The van der Waals surface area contributed by atoms with E-state index in [2.05, 4.69) is 0 Å². The minimum Gasteiger partial charge on any atom is -0.497 e. The zero-order valence-electron chi connectivity index (χ0n) is 9.75. The minimum atomic E-state index is -1.04. The van der Waals surface area contributed by atoms with Crippen LogP contribution in [0.1, 0.15) is 16.1 Å². The van der Waals surface area contributed by atoms with Crippen LogP contribution < -0.4 is 4.74 Å². The maximum absolute atomic E-state index is 10.9. The van der Waals surface area contributed by atoms with Crippen LogP contribution in [0.2, 0.25) is 0 Å². The molecule has 1 N–H and O–H groups in total. The average Bonchev–Trinajstić information content (AvgIpc) is 2.85. The molecule has 0 aliphatic heterocycles. The third-order valence-electron chi connectivity index (χ3n) is 2.38. The smallest absolute Gasteiger partial charge is 0.372 e. The Morgan fingerprint density at radius 2 is 2.28 bits per heavy atom. The molecule has 0 amide bonds. The average molecular weight is 264 g/mol. The van der Waals surface area contributed by atoms with E-state index in [-0.39, 0.29) is 5.76 Å². The summed E-state index contributed by atoms with van der Waals surface area (Å²) in [6, 6.07) is 9.30. The monoisotopic (exact) mass is 264 g/mol. The lowest BCUT2D eigenvalue weighted by molar-refractivity contribution is 0.0661. The summed E-state index contributed by atoms with van der Waals surface area (Å²) in [4.78, 5) is 11.9. The molecule has 0 fully saturated rings. The summed E-state index contributed by atoms with van der Waals surface area (Å²) in [7, 11) is 1.61. The fraction of sp³-hybridized carbons (Fsp3) is 0.154. The first kappa shape index (κ1) is 12.6. The Morgan fingerprint density at radius 3 is 3.00 bits per heavy atom. The number of furan rings is 1. The molecule has 94 valence electrons. The van der Waals surface area contributed by atoms with E-state index in [0.717, 1.165) is 10.6 Å². The number of thioether (sulfide) groups is 1. The molecular weight excluding hydrogens is 252 g/mol. The molecule has 0 saturated heterocycles. The number of hydrogen-bond acceptors (Lipinski definition) is 4. The second kappa shape index (κ2) is 5.64. The van der Waals surface area contributed by atoms with Gasteiger partial charge in [-0.1, -0.05) is 6.07 Å². The van der Waals surface area contributed by atoms with Crippen molar-refractivity contribution in [2.45, 2.75) is 10.6 Å². The highest BCUT2D eigenvalue weighted by molar-refractivity contribution is 7.98. The molecule has 0 spiro atoms. The van der Waals surface area contributed by atoms with Gasteiger partial charge >= 0.3 is 5.97 Å². The van der Waals surface area contributed by atoms with Gasteiger partial charge in [0.1, 0.15) is 5.75 Å². The Labute approximate surface area is 109 Å². The van der Waals surface area contributed by atoms with Crippen LogP contribution in [0.3, 0.4) is 0 Å². The van der Waals surface area contributed by atoms with Gasteiger partial charge in [-0.25, -0.2) is 4.79 Å². The van der Waals surface area contributed by atoms with Crippen molar-refractivity contribution in [2.75, 3.05) is 7.11 Å². The van der Waals surface area contributed by atoms with Crippen molar-refractivity contribution in [2.24, 2.45) is 0 Å². The Morgan fingerprint density at radius 1 is 1.44 bits per heavy atom. The third-order valence-corrected chi connectivity index (χ3v) is 3.42. The Kier molecular flexibility index (Phi) is 3.94. The first-order chi connectivity index (χ1) is 8.70. The summed E-state index contributed by atoms with van der Waals surface area (Å²) in [6.07, 6.45) is 1.39. The maximum Gasteiger partial charge on any atom is 0.372 e. The summed E-state index contributed by atoms with van der Waals surface area (Å²) >= 11 is 1.54. The largest absolute Gasteiger partial charge is 0.497 e. The fourth-order valence-corrected chi connectivity index (χ4v) is 2.41. The minimum absolute atomic E-state index is 0.00500. The second-order valence-corrected chi connectivity index (χ2v) is 4.60. The van der Waals surface area contributed by atoms with Crippen LogP contribution in [0.15, 0.2) is 45.9 Å². The van der Waals surface area contributed by atoms with Gasteiger partial charge in [-0.3, -0.25) is 0 Å². The van der Waals surface area contributed by atoms with E-state index in [1.165, 1.54) is 18.0 Å². The van der Waals surface area contributed by atoms with Gasteiger partial charge in [0.15, 0.2) is 0 Å². The highest BCUT2D eigenvalue weighted by atomic mass is 32.2. The maximum atomic E-state index is 10.9. The number of aromatic carboxylic acids is 1. The molecule has 1 aromatic carbocycles. The Balaban J connectivity index is 2.06. The van der Waals surface area contributed by atoms with Crippen molar-refractivity contribution in [1.82, 2.24) is 0 Å². The highest BCUT2D eigenvalue weighted by Gasteiger charge is 2.13. The highest BCUT2D eigenvalue weighted by Crippen LogP contribution is 2.27. The molecule has 4 nitrogen and oxygen atoms in total. The molecular formula is C13H12O4S. The molecule has 0 unspecified atom stereocenters. The first-order valence-electron chi connectivity index (χ1n) is 5.27. The predicted octanol–water partition coefficient (Wildman–Crippen LogP) is 3.28. The lowest BCUT2D eigenvalue weighted by Gasteiger charge is -2.03. The van der Waals surface area contributed by atoms with Crippen molar-refractivity contribution in [3.63, 3.8) is 0 Å². The third kappa shape index (κ3) is 2.87. The number of methoxy groups -OCH3 is 1. The van der Waals surface area contributed by atoms with Gasteiger partial charge in [-0.2, -0.15) is 0 Å². The topological polar surface area (TPSA) is 59.7 Å². The number of benzene rings is 1. The van der Waals surface area contributed by atoms with Crippen molar-refractivity contribution < 1.29 is 19.1 Å². The van der Waals surface area contributed by atoms with E-state index >= 15 is 0 Å². The summed E-state index contributed by atoms with van der Waals surface area (Å²) in [5.41, 5.74) is 0.676. The van der Waals surface area contributed by atoms with Gasteiger partial charge in [0.2, 0.25) is 5.76 Å². The number of hydrogen-bond donors (Lipinski definition) is 1. The van der Waals surface area contributed by atoms with E-state index in [1.54, 1.807) is 13.2 Å². The van der Waals surface area contributed by atoms with E-state index in [9.17, 15) is 4.79 Å². The van der Waals surface area contributed by atoms with Crippen LogP contribution >= 0.6 is 11.8 Å². The van der Waals surface area contributed by atoms with E-state index in [0.29, 0.717) is 11.3 Å². The Hall–Kier alpha value is -1.88. The molecule has 0 saturated carbocycles. The molecule has 2 aromatic rings. The van der Waals surface area contributed by atoms with Gasteiger partial charge in [0.25, 0.3) is 0 Å². The molecule has 0 aliphatic carbocycles. The van der Waals surface area contributed by atoms with Crippen LogP contribution in [0.5, 0.6) is 5.75 Å². The van der Waals surface area contributed by atoms with E-state index < -0.39 is 5.97 Å². The fourth-order valence-electron chi connectivity index (χ4n) is 1.49. The Bertz CT molecular complexity index is 547. The number of carboxylic acids is 1. The lowest BCUT2D eigenvalue weighted by Crippen LogP contribution is -1.97. The second-order valence-electron chi connectivity index (χ2n) is 3.55. The zero-order valence-corrected chi connectivity index (χ0v) is 10.6. The molecule has 0 bridgehead atoms. The molecule has 1 heterocycles. The van der Waals surface area contributed by atoms with Gasteiger partial charge < -0.3 is 14.3 Å². The predicted molar refractivity (Wildman–Crippen MR) is 68.2 cm³/mol. The standard InChI is InChI=1S/C13H12O4S/c1-16-10-3-2-4-11(7-10)18-8-9-5-6-17-12(9)13(14)15/h2-7H,8H2,1H3,(H,14,15). The SMILES string of the molecule is COc1cccc(SCc2ccoc2C(=O)O)c1. The number of ether oxygens (including phenoxy) is 1. The lowest BCUT2D eigenvalue weighted by atomic mass is 10.3. The van der Waals surface area contributed by atoms with Crippen molar-refractivity contribution in [3.05, 3.63) is 47.9 Å². The summed E-state index contributed by atoms with van der Waals surface area (Å²) in [5, 5.41) is 8.91. The number of rotatable bonds is 5. The molecule has 5 heteroatoms. The van der Waals surface area contributed by atoms with Gasteiger partial charge in [-0.15, -0.1) is 11.8 Å². The van der Waals surface area contributed by atoms with E-state index in [4.69, 9.17) is 14.3 Å². The molecule has 1 aromatic heterocycles. The normalized spacial score (nSPS) is 10.3. The van der Waals surface area contributed by atoms with Crippen LogP contribution in [-0.2, 0) is 5.75 Å². The summed E-state index contributed by atoms with van der Waals surface area (Å²) in [5.74, 6) is 0.294. The van der Waals surface area contributed by atoms with Gasteiger partial charge in [0.05, 0.1) is 13.4 Å². The van der Waals surface area contributed by atoms with Crippen molar-refractivity contribution >= 4 is 17.7 Å². The molecule has 2 rings (SSSR count). The number of carbonyl (C=O) groups is 1. The molecule has 0 atom stereocenters. The van der Waals surface area contributed by atoms with Crippen molar-refractivity contribution in [1.29, 1.82) is 0 Å². The molecule has 0 aliphatic rings. The van der Waals surface area contributed by atoms with Gasteiger partial charge in [-0.05, 0) is 24.3 Å². The van der Waals surface area contributed by atoms with Gasteiger partial charge in [0, 0.05) is 16.2 Å². The van der Waals surface area contributed by atoms with Crippen LogP contribution in [0.4, 0.5) is 0 Å². The van der Waals surface area contributed by atoms with Crippen molar-refractivity contribution in [3.8, 4) is 5.75 Å².